The summed E-state index contributed by atoms with van der Waals surface area (Å²) in [6.45, 7) is 16.8. The van der Waals surface area contributed by atoms with Crippen LogP contribution < -0.4 is 5.19 Å². The lowest BCUT2D eigenvalue weighted by Crippen LogP contribution is -2.63. The minimum absolute atomic E-state index is 0.0355. The molecule has 1 unspecified atom stereocenters. The monoisotopic (exact) mass is 338 g/mol. The van der Waals surface area contributed by atoms with Crippen LogP contribution in [0, 0.1) is 5.92 Å². The van der Waals surface area contributed by atoms with E-state index in [1.807, 2.05) is 45.9 Å². The summed E-state index contributed by atoms with van der Waals surface area (Å²) in [5, 5.41) is 1.03. The fourth-order valence-corrected chi connectivity index (χ4v) is 5.75. The molecular weight excluding hydrogens is 304 g/mol. The predicted octanol–water partition coefficient (Wildman–Crippen LogP) is 4.52. The molecule has 1 atom stereocenters. The Labute approximate surface area is 143 Å². The summed E-state index contributed by atoms with van der Waals surface area (Å²) >= 11 is 0. The Balaban J connectivity index is 3.32. The van der Waals surface area contributed by atoms with Gasteiger partial charge in [0.15, 0.2) is 0 Å². The summed E-state index contributed by atoms with van der Waals surface area (Å²) in [5.74, 6) is 0.407. The second-order valence-electron chi connectivity index (χ2n) is 7.27. The summed E-state index contributed by atoms with van der Waals surface area (Å²) in [4.78, 5) is 0. The first-order valence-corrected chi connectivity index (χ1v) is 10.5. The van der Waals surface area contributed by atoms with Crippen molar-refractivity contribution in [1.29, 1.82) is 0 Å². The quantitative estimate of drug-likeness (QED) is 0.619. The highest BCUT2D eigenvalue weighted by molar-refractivity contribution is 6.75. The van der Waals surface area contributed by atoms with Gasteiger partial charge in [0.2, 0.25) is 0 Å². The Hall–Kier alpha value is -0.683. The van der Waals surface area contributed by atoms with E-state index in [0.717, 1.165) is 11.6 Å². The van der Waals surface area contributed by atoms with E-state index in [-0.39, 0.29) is 17.8 Å². The van der Waals surface area contributed by atoms with Crippen LogP contribution in [0.3, 0.4) is 0 Å². The molecule has 3 nitrogen and oxygen atoms in total. The molecular formula is C19H34O3Si. The van der Waals surface area contributed by atoms with Crippen LogP contribution in [0.15, 0.2) is 30.3 Å². The van der Waals surface area contributed by atoms with Crippen molar-refractivity contribution in [2.75, 3.05) is 0 Å². The van der Waals surface area contributed by atoms with Crippen LogP contribution >= 0.6 is 0 Å². The standard InChI is InChI=1S/C19H34O3Si/c1-9-17(6)19(7,8)22-23(20-15(2)3,21-16(4)5)18-13-11-10-12-14-18/h10-17H,9H2,1-8H3. The largest absolute Gasteiger partial charge is 0.538 e. The smallest absolute Gasteiger partial charge is 0.367 e. The lowest BCUT2D eigenvalue weighted by Gasteiger charge is -2.42. The van der Waals surface area contributed by atoms with Gasteiger partial charge in [0.05, 0.1) is 5.60 Å². The van der Waals surface area contributed by atoms with Gasteiger partial charge in [-0.25, -0.2) is 0 Å². The predicted molar refractivity (Wildman–Crippen MR) is 98.9 cm³/mol. The normalized spacial score (nSPS) is 14.5. The molecule has 0 radical (unpaired) electrons. The maximum absolute atomic E-state index is 6.68. The zero-order valence-corrected chi connectivity index (χ0v) is 17.1. The van der Waals surface area contributed by atoms with E-state index < -0.39 is 8.80 Å². The first kappa shape index (κ1) is 20.4. The van der Waals surface area contributed by atoms with Crippen LogP contribution in [-0.4, -0.2) is 26.6 Å². The molecule has 0 spiro atoms. The van der Waals surface area contributed by atoms with E-state index in [2.05, 4.69) is 39.8 Å². The minimum atomic E-state index is -3.01. The zero-order valence-electron chi connectivity index (χ0n) is 16.1. The molecule has 0 saturated carbocycles. The fraction of sp³-hybridized carbons (Fsp3) is 0.684. The number of hydrogen-bond acceptors (Lipinski definition) is 3. The van der Waals surface area contributed by atoms with E-state index in [1.165, 1.54) is 0 Å². The van der Waals surface area contributed by atoms with Crippen molar-refractivity contribution < 1.29 is 13.3 Å². The molecule has 0 saturated heterocycles. The van der Waals surface area contributed by atoms with Crippen LogP contribution in [0.1, 0.15) is 61.8 Å². The highest BCUT2D eigenvalue weighted by Crippen LogP contribution is 2.30. The SMILES string of the molecule is CCC(C)C(C)(C)O[Si](OC(C)C)(OC(C)C)c1ccccc1. The molecule has 1 aromatic carbocycles. The molecule has 0 aromatic heterocycles. The molecule has 0 fully saturated rings. The van der Waals surface area contributed by atoms with Crippen LogP contribution in [0.2, 0.25) is 0 Å². The van der Waals surface area contributed by atoms with Gasteiger partial charge in [-0.1, -0.05) is 50.6 Å². The second kappa shape index (κ2) is 8.43. The summed E-state index contributed by atoms with van der Waals surface area (Å²) in [6.07, 6.45) is 1.12. The van der Waals surface area contributed by atoms with Crippen molar-refractivity contribution in [3.8, 4) is 0 Å². The maximum Gasteiger partial charge on any atom is 0.538 e. The Kier molecular flexibility index (Phi) is 7.46. The van der Waals surface area contributed by atoms with Gasteiger partial charge in [-0.05, 0) is 47.5 Å². The molecule has 23 heavy (non-hydrogen) atoms. The molecule has 0 aliphatic carbocycles. The number of rotatable bonds is 9. The Morgan fingerprint density at radius 3 is 1.78 bits per heavy atom. The van der Waals surface area contributed by atoms with Crippen molar-refractivity contribution in [2.45, 2.75) is 79.6 Å². The van der Waals surface area contributed by atoms with Gasteiger partial charge in [-0.3, -0.25) is 0 Å². The van der Waals surface area contributed by atoms with Gasteiger partial charge in [-0.2, -0.15) is 0 Å². The Morgan fingerprint density at radius 1 is 0.913 bits per heavy atom. The van der Waals surface area contributed by atoms with E-state index in [4.69, 9.17) is 13.3 Å². The van der Waals surface area contributed by atoms with Gasteiger partial charge in [0.1, 0.15) is 0 Å². The molecule has 1 aromatic rings. The average molecular weight is 339 g/mol. The van der Waals surface area contributed by atoms with Gasteiger partial charge < -0.3 is 13.3 Å². The molecule has 0 bridgehead atoms. The molecule has 0 heterocycles. The van der Waals surface area contributed by atoms with Crippen molar-refractivity contribution in [3.63, 3.8) is 0 Å². The highest BCUT2D eigenvalue weighted by Gasteiger charge is 2.50. The third-order valence-corrected chi connectivity index (χ3v) is 7.50. The van der Waals surface area contributed by atoms with Crippen molar-refractivity contribution in [2.24, 2.45) is 5.92 Å². The van der Waals surface area contributed by atoms with Crippen molar-refractivity contribution in [3.05, 3.63) is 30.3 Å². The molecule has 0 N–H and O–H groups in total. The fourth-order valence-electron chi connectivity index (χ4n) is 2.47. The van der Waals surface area contributed by atoms with Crippen LogP contribution in [0.25, 0.3) is 0 Å². The Bertz CT molecular complexity index is 447. The third kappa shape index (κ3) is 5.71. The van der Waals surface area contributed by atoms with E-state index in [0.29, 0.717) is 5.92 Å². The van der Waals surface area contributed by atoms with E-state index in [1.54, 1.807) is 0 Å². The molecule has 4 heteroatoms. The topological polar surface area (TPSA) is 27.7 Å². The van der Waals surface area contributed by atoms with Gasteiger partial charge in [-0.15, -0.1) is 0 Å². The van der Waals surface area contributed by atoms with E-state index in [9.17, 15) is 0 Å². The first-order chi connectivity index (χ1) is 10.6. The van der Waals surface area contributed by atoms with Crippen LogP contribution in [-0.2, 0) is 13.3 Å². The first-order valence-electron chi connectivity index (χ1n) is 8.74. The molecule has 132 valence electrons. The molecule has 0 aliphatic rings. The number of hydrogen-bond donors (Lipinski definition) is 0. The molecule has 0 amide bonds. The number of benzene rings is 1. The van der Waals surface area contributed by atoms with Gasteiger partial charge in [0.25, 0.3) is 0 Å². The Morgan fingerprint density at radius 2 is 1.39 bits per heavy atom. The zero-order chi connectivity index (χ0) is 17.7. The second-order valence-corrected chi connectivity index (χ2v) is 9.64. The maximum atomic E-state index is 6.68. The summed E-state index contributed by atoms with van der Waals surface area (Å²) < 4.78 is 19.4. The molecule has 0 aliphatic heterocycles. The van der Waals surface area contributed by atoms with Crippen LogP contribution in [0.4, 0.5) is 0 Å². The lowest BCUT2D eigenvalue weighted by molar-refractivity contribution is -0.0505. The van der Waals surface area contributed by atoms with Crippen molar-refractivity contribution >= 4 is 14.0 Å². The lowest BCUT2D eigenvalue weighted by atomic mass is 9.91. The van der Waals surface area contributed by atoms with Gasteiger partial charge >= 0.3 is 8.80 Å². The summed E-state index contributed by atoms with van der Waals surface area (Å²) in [7, 11) is -3.01. The third-order valence-electron chi connectivity index (χ3n) is 4.11. The van der Waals surface area contributed by atoms with Crippen molar-refractivity contribution in [1.82, 2.24) is 0 Å². The van der Waals surface area contributed by atoms with E-state index >= 15 is 0 Å². The van der Waals surface area contributed by atoms with Crippen LogP contribution in [0.5, 0.6) is 0 Å². The summed E-state index contributed by atoms with van der Waals surface area (Å²) in [6, 6.07) is 10.2. The summed E-state index contributed by atoms with van der Waals surface area (Å²) in [5.41, 5.74) is -0.319. The molecule has 1 rings (SSSR count). The average Bonchev–Trinajstić information content (AvgIpc) is 2.45. The highest BCUT2D eigenvalue weighted by atomic mass is 28.4. The minimum Gasteiger partial charge on any atom is -0.367 e. The van der Waals surface area contributed by atoms with Gasteiger partial charge in [0, 0.05) is 17.4 Å².